The Morgan fingerprint density at radius 1 is 1.35 bits per heavy atom. The van der Waals surface area contributed by atoms with Gasteiger partial charge in [-0.15, -0.1) is 0 Å². The highest BCUT2D eigenvalue weighted by atomic mass is 16.4. The van der Waals surface area contributed by atoms with Gasteiger partial charge in [-0.05, 0) is 31.0 Å². The van der Waals surface area contributed by atoms with Gasteiger partial charge in [0, 0.05) is 6.04 Å². The third kappa shape index (κ3) is 2.34. The van der Waals surface area contributed by atoms with Crippen LogP contribution >= 0.6 is 0 Å². The van der Waals surface area contributed by atoms with Gasteiger partial charge in [-0.25, -0.2) is 10.6 Å². The molecular formula is C12H17N3O2. The van der Waals surface area contributed by atoms with E-state index in [2.05, 4.69) is 0 Å². The van der Waals surface area contributed by atoms with Crippen LogP contribution in [-0.4, -0.2) is 17.1 Å². The number of benzene rings is 1. The van der Waals surface area contributed by atoms with Crippen molar-refractivity contribution in [2.45, 2.75) is 31.7 Å². The maximum Gasteiger partial charge on any atom is 0.335 e. The average molecular weight is 235 g/mol. The molecule has 17 heavy (non-hydrogen) atoms. The molecule has 0 amide bonds. The quantitative estimate of drug-likeness (QED) is 0.420. The third-order valence-electron chi connectivity index (χ3n) is 3.27. The van der Waals surface area contributed by atoms with Crippen molar-refractivity contribution in [1.82, 2.24) is 0 Å². The number of rotatable bonds is 3. The number of nitrogens with zero attached hydrogens (tertiary/aromatic N) is 1. The van der Waals surface area contributed by atoms with Gasteiger partial charge in [0.1, 0.15) is 0 Å². The fourth-order valence-electron chi connectivity index (χ4n) is 2.30. The van der Waals surface area contributed by atoms with Crippen molar-refractivity contribution in [3.05, 3.63) is 23.8 Å². The Morgan fingerprint density at radius 2 is 2.00 bits per heavy atom. The van der Waals surface area contributed by atoms with E-state index in [4.69, 9.17) is 16.7 Å². The third-order valence-corrected chi connectivity index (χ3v) is 3.27. The molecule has 0 bridgehead atoms. The maximum absolute atomic E-state index is 10.8. The van der Waals surface area contributed by atoms with Crippen LogP contribution in [0.5, 0.6) is 0 Å². The molecule has 0 aromatic heterocycles. The lowest BCUT2D eigenvalue weighted by Crippen LogP contribution is -2.40. The monoisotopic (exact) mass is 235 g/mol. The zero-order chi connectivity index (χ0) is 12.4. The molecule has 0 unspecified atom stereocenters. The molecule has 1 aliphatic carbocycles. The molecule has 1 aromatic carbocycles. The number of carbonyl (C=O) groups is 1. The molecule has 0 atom stereocenters. The van der Waals surface area contributed by atoms with E-state index < -0.39 is 5.97 Å². The first-order valence-electron chi connectivity index (χ1n) is 5.76. The second-order valence-electron chi connectivity index (χ2n) is 4.42. The van der Waals surface area contributed by atoms with Gasteiger partial charge in [-0.3, -0.25) is 0 Å². The minimum absolute atomic E-state index is 0.186. The van der Waals surface area contributed by atoms with Crippen molar-refractivity contribution in [3.63, 3.8) is 0 Å². The van der Waals surface area contributed by atoms with Crippen LogP contribution in [0.15, 0.2) is 18.2 Å². The zero-order valence-electron chi connectivity index (χ0n) is 9.60. The fourth-order valence-corrected chi connectivity index (χ4v) is 2.30. The highest BCUT2D eigenvalue weighted by Gasteiger charge is 2.22. The van der Waals surface area contributed by atoms with Crippen LogP contribution in [0.1, 0.15) is 36.0 Å². The summed E-state index contributed by atoms with van der Waals surface area (Å²) < 4.78 is 0. The van der Waals surface area contributed by atoms with Crippen molar-refractivity contribution in [3.8, 4) is 0 Å². The van der Waals surface area contributed by atoms with Crippen LogP contribution in [0.25, 0.3) is 0 Å². The second kappa shape index (κ2) is 4.63. The summed E-state index contributed by atoms with van der Waals surface area (Å²) in [5, 5.41) is 10.5. The minimum atomic E-state index is -0.979. The Morgan fingerprint density at radius 3 is 2.53 bits per heavy atom. The Kier molecular flexibility index (Phi) is 3.19. The number of hydrogen-bond acceptors (Lipinski definition) is 4. The number of nitrogens with two attached hydrogens (primary N) is 2. The maximum atomic E-state index is 10.8. The topological polar surface area (TPSA) is 92.6 Å². The first-order valence-corrected chi connectivity index (χ1v) is 5.76. The Labute approximate surface area is 100.0 Å². The first kappa shape index (κ1) is 11.7. The van der Waals surface area contributed by atoms with E-state index in [0.717, 1.165) is 12.8 Å². The number of carboxylic acids is 1. The van der Waals surface area contributed by atoms with E-state index in [9.17, 15) is 4.79 Å². The molecule has 1 fully saturated rings. The van der Waals surface area contributed by atoms with Crippen molar-refractivity contribution in [2.75, 3.05) is 10.7 Å². The predicted octanol–water partition coefficient (Wildman–Crippen LogP) is 1.59. The van der Waals surface area contributed by atoms with E-state index in [-0.39, 0.29) is 5.56 Å². The van der Waals surface area contributed by atoms with Crippen LogP contribution in [0.3, 0.4) is 0 Å². The van der Waals surface area contributed by atoms with Crippen LogP contribution in [0.2, 0.25) is 0 Å². The van der Waals surface area contributed by atoms with Gasteiger partial charge in [0.05, 0.1) is 16.9 Å². The summed E-state index contributed by atoms with van der Waals surface area (Å²) in [5.74, 6) is 5.05. The van der Waals surface area contributed by atoms with Gasteiger partial charge in [0.25, 0.3) is 0 Å². The van der Waals surface area contributed by atoms with Crippen molar-refractivity contribution in [2.24, 2.45) is 5.84 Å². The van der Waals surface area contributed by atoms with E-state index in [1.165, 1.54) is 25.0 Å². The summed E-state index contributed by atoms with van der Waals surface area (Å²) in [6.07, 6.45) is 4.50. The molecule has 0 spiro atoms. The Hall–Kier alpha value is -1.75. The summed E-state index contributed by atoms with van der Waals surface area (Å²) in [6, 6.07) is 4.97. The van der Waals surface area contributed by atoms with E-state index in [0.29, 0.717) is 17.4 Å². The number of aromatic carboxylic acids is 1. The van der Waals surface area contributed by atoms with E-state index in [1.807, 2.05) is 0 Å². The predicted molar refractivity (Wildman–Crippen MR) is 66.7 cm³/mol. The van der Waals surface area contributed by atoms with Gasteiger partial charge < -0.3 is 15.8 Å². The van der Waals surface area contributed by atoms with Crippen LogP contribution in [-0.2, 0) is 0 Å². The van der Waals surface area contributed by atoms with Crippen molar-refractivity contribution < 1.29 is 9.90 Å². The summed E-state index contributed by atoms with van der Waals surface area (Å²) >= 11 is 0. The number of nitrogen functional groups attached to an aromatic ring is 1. The molecular weight excluding hydrogens is 218 g/mol. The second-order valence-corrected chi connectivity index (χ2v) is 4.42. The lowest BCUT2D eigenvalue weighted by molar-refractivity contribution is 0.0697. The molecule has 2 rings (SSSR count). The van der Waals surface area contributed by atoms with E-state index in [1.54, 1.807) is 11.1 Å². The summed E-state index contributed by atoms with van der Waals surface area (Å²) in [6.45, 7) is 0. The average Bonchev–Trinajstić information content (AvgIpc) is 2.81. The molecule has 5 heteroatoms. The molecule has 1 aromatic rings. The largest absolute Gasteiger partial charge is 0.478 e. The molecule has 5 N–H and O–H groups in total. The van der Waals surface area contributed by atoms with Gasteiger partial charge in [0.2, 0.25) is 0 Å². The lowest BCUT2D eigenvalue weighted by atomic mass is 10.1. The van der Waals surface area contributed by atoms with Crippen molar-refractivity contribution in [1.29, 1.82) is 0 Å². The summed E-state index contributed by atoms with van der Waals surface area (Å²) in [7, 11) is 0. The fraction of sp³-hybridized carbons (Fsp3) is 0.417. The highest BCUT2D eigenvalue weighted by Crippen LogP contribution is 2.29. The summed E-state index contributed by atoms with van der Waals surface area (Å²) in [4.78, 5) is 10.8. The number of hydrogen-bond donors (Lipinski definition) is 3. The SMILES string of the molecule is Nc1cc(C(=O)O)ccc1N(N)C1CCCC1. The normalized spacial score (nSPS) is 16.1. The van der Waals surface area contributed by atoms with Crippen molar-refractivity contribution >= 4 is 17.3 Å². The number of anilines is 2. The van der Waals surface area contributed by atoms with E-state index >= 15 is 0 Å². The molecule has 0 heterocycles. The highest BCUT2D eigenvalue weighted by molar-refractivity contribution is 5.90. The molecule has 0 aliphatic heterocycles. The Balaban J connectivity index is 2.23. The van der Waals surface area contributed by atoms with Gasteiger partial charge in [0.15, 0.2) is 0 Å². The molecule has 1 aliphatic rings. The lowest BCUT2D eigenvalue weighted by Gasteiger charge is -2.27. The van der Waals surface area contributed by atoms with Gasteiger partial charge in [-0.2, -0.15) is 0 Å². The Bertz CT molecular complexity index is 428. The molecule has 0 radical (unpaired) electrons. The van der Waals surface area contributed by atoms with Crippen LogP contribution < -0.4 is 16.6 Å². The molecule has 0 saturated heterocycles. The standard InChI is InChI=1S/C12H17N3O2/c13-10-7-8(12(16)17)5-6-11(10)15(14)9-3-1-2-4-9/h5-7,9H,1-4,13-14H2,(H,16,17). The number of hydrazine groups is 1. The van der Waals surface area contributed by atoms with Crippen LogP contribution in [0.4, 0.5) is 11.4 Å². The minimum Gasteiger partial charge on any atom is -0.478 e. The molecule has 1 saturated carbocycles. The smallest absolute Gasteiger partial charge is 0.335 e. The number of carboxylic acid groups (broad SMARTS) is 1. The van der Waals surface area contributed by atoms with Gasteiger partial charge >= 0.3 is 5.97 Å². The summed E-state index contributed by atoms with van der Waals surface area (Å²) in [5.41, 5.74) is 7.15. The first-order chi connectivity index (χ1) is 8.09. The zero-order valence-corrected chi connectivity index (χ0v) is 9.60. The van der Waals surface area contributed by atoms with Crippen LogP contribution in [0, 0.1) is 0 Å². The molecule has 5 nitrogen and oxygen atoms in total. The van der Waals surface area contributed by atoms with Gasteiger partial charge in [-0.1, -0.05) is 12.8 Å². The molecule has 92 valence electrons.